The van der Waals surface area contributed by atoms with Crippen LogP contribution in [0.25, 0.3) is 10.8 Å². The molecule has 0 radical (unpaired) electrons. The van der Waals surface area contributed by atoms with E-state index in [9.17, 15) is 4.79 Å². The summed E-state index contributed by atoms with van der Waals surface area (Å²) in [6, 6.07) is 17.6. The highest BCUT2D eigenvalue weighted by atomic mass is 16.5. The van der Waals surface area contributed by atoms with E-state index < -0.39 is 0 Å². The van der Waals surface area contributed by atoms with Gasteiger partial charge in [-0.05, 0) is 30.0 Å². The minimum Gasteiger partial charge on any atom is -0.485 e. The van der Waals surface area contributed by atoms with Crippen molar-refractivity contribution in [3.8, 4) is 5.75 Å². The van der Waals surface area contributed by atoms with Crippen LogP contribution in [0.5, 0.6) is 5.75 Å². The second kappa shape index (κ2) is 10.2. The second-order valence-electron chi connectivity index (χ2n) is 10.3. The van der Waals surface area contributed by atoms with Crippen LogP contribution in [0.1, 0.15) is 55.2 Å². The summed E-state index contributed by atoms with van der Waals surface area (Å²) in [6.45, 7) is 10.2. The molecule has 5 rings (SSSR count). The SMILES string of the molecule is CC(C)(C)c1cnc(CN2CCCN(C(=O)c3ccc(COc4cccc5ccccc45)o3)CC2)o1. The summed E-state index contributed by atoms with van der Waals surface area (Å²) >= 11 is 0. The first-order chi connectivity index (χ1) is 17.4. The Balaban J connectivity index is 1.16. The van der Waals surface area contributed by atoms with Crippen LogP contribution in [0, 0.1) is 0 Å². The molecule has 1 aliphatic rings. The fraction of sp³-hybridized carbons (Fsp3) is 0.379. The van der Waals surface area contributed by atoms with E-state index in [0.717, 1.165) is 47.7 Å². The van der Waals surface area contributed by atoms with Gasteiger partial charge >= 0.3 is 0 Å². The number of amides is 1. The summed E-state index contributed by atoms with van der Waals surface area (Å²) in [4.78, 5) is 21.7. The molecule has 0 unspecified atom stereocenters. The van der Waals surface area contributed by atoms with Crippen LogP contribution in [-0.4, -0.2) is 46.9 Å². The topological polar surface area (TPSA) is 72.0 Å². The molecule has 7 heteroatoms. The lowest BCUT2D eigenvalue weighted by Gasteiger charge is -2.20. The molecule has 1 fully saturated rings. The van der Waals surface area contributed by atoms with E-state index in [0.29, 0.717) is 31.2 Å². The molecular weight excluding hydrogens is 454 g/mol. The monoisotopic (exact) mass is 487 g/mol. The third kappa shape index (κ3) is 5.46. The van der Waals surface area contributed by atoms with Crippen molar-refractivity contribution in [1.29, 1.82) is 0 Å². The van der Waals surface area contributed by atoms with Crippen LogP contribution in [0.15, 0.2) is 69.6 Å². The molecule has 188 valence electrons. The van der Waals surface area contributed by atoms with E-state index >= 15 is 0 Å². The van der Waals surface area contributed by atoms with Gasteiger partial charge in [0.2, 0.25) is 5.89 Å². The summed E-state index contributed by atoms with van der Waals surface area (Å²) in [5.41, 5.74) is -0.0604. The number of furan rings is 1. The van der Waals surface area contributed by atoms with Crippen molar-refractivity contribution in [1.82, 2.24) is 14.8 Å². The van der Waals surface area contributed by atoms with Crippen LogP contribution in [-0.2, 0) is 18.6 Å². The molecule has 0 spiro atoms. The third-order valence-electron chi connectivity index (χ3n) is 6.52. The quantitative estimate of drug-likeness (QED) is 0.350. The Kier molecular flexibility index (Phi) is 6.83. The molecule has 7 nitrogen and oxygen atoms in total. The number of aromatic nitrogens is 1. The van der Waals surface area contributed by atoms with Crippen LogP contribution in [0.4, 0.5) is 0 Å². The number of carbonyl (C=O) groups excluding carboxylic acids is 1. The first-order valence-corrected chi connectivity index (χ1v) is 12.5. The van der Waals surface area contributed by atoms with Gasteiger partial charge < -0.3 is 18.5 Å². The lowest BCUT2D eigenvalue weighted by Crippen LogP contribution is -2.35. The van der Waals surface area contributed by atoms with Gasteiger partial charge in [-0.1, -0.05) is 57.2 Å². The Morgan fingerprint density at radius 3 is 2.64 bits per heavy atom. The summed E-state index contributed by atoms with van der Waals surface area (Å²) in [5.74, 6) is 3.30. The predicted octanol–water partition coefficient (Wildman–Crippen LogP) is 5.65. The number of hydrogen-bond acceptors (Lipinski definition) is 6. The van der Waals surface area contributed by atoms with Gasteiger partial charge in [0.15, 0.2) is 5.76 Å². The molecule has 0 N–H and O–H groups in total. The molecule has 0 saturated carbocycles. The lowest BCUT2D eigenvalue weighted by atomic mass is 9.94. The molecule has 0 atom stereocenters. The number of benzene rings is 2. The highest BCUT2D eigenvalue weighted by molar-refractivity contribution is 5.91. The molecule has 2 aromatic heterocycles. The average Bonchev–Trinajstić information content (AvgIpc) is 3.48. The molecule has 4 aromatic rings. The fourth-order valence-electron chi connectivity index (χ4n) is 4.45. The van der Waals surface area contributed by atoms with Gasteiger partial charge in [-0.15, -0.1) is 0 Å². The van der Waals surface area contributed by atoms with E-state index in [1.807, 2.05) is 47.5 Å². The Morgan fingerprint density at radius 1 is 0.972 bits per heavy atom. The molecule has 1 saturated heterocycles. The maximum absolute atomic E-state index is 13.1. The van der Waals surface area contributed by atoms with Gasteiger partial charge in [0, 0.05) is 37.0 Å². The van der Waals surface area contributed by atoms with E-state index in [4.69, 9.17) is 13.6 Å². The predicted molar refractivity (Wildman–Crippen MR) is 138 cm³/mol. The van der Waals surface area contributed by atoms with Gasteiger partial charge in [-0.3, -0.25) is 9.69 Å². The zero-order valence-electron chi connectivity index (χ0n) is 21.2. The van der Waals surface area contributed by atoms with Crippen LogP contribution in [0.3, 0.4) is 0 Å². The highest BCUT2D eigenvalue weighted by Gasteiger charge is 2.24. The van der Waals surface area contributed by atoms with Crippen molar-refractivity contribution in [3.63, 3.8) is 0 Å². The second-order valence-corrected chi connectivity index (χ2v) is 10.3. The van der Waals surface area contributed by atoms with Crippen molar-refractivity contribution >= 4 is 16.7 Å². The van der Waals surface area contributed by atoms with E-state index in [2.05, 4.69) is 42.8 Å². The summed E-state index contributed by atoms with van der Waals surface area (Å²) in [7, 11) is 0. The molecular formula is C29H33N3O4. The fourth-order valence-corrected chi connectivity index (χ4v) is 4.45. The van der Waals surface area contributed by atoms with E-state index in [-0.39, 0.29) is 17.9 Å². The smallest absolute Gasteiger partial charge is 0.289 e. The molecule has 2 aromatic carbocycles. The Hall–Kier alpha value is -3.58. The first kappa shape index (κ1) is 24.1. The number of hydrogen-bond donors (Lipinski definition) is 0. The van der Waals surface area contributed by atoms with Gasteiger partial charge in [0.25, 0.3) is 5.91 Å². The molecule has 0 bridgehead atoms. The standard InChI is InChI=1S/C29H33N3O4/c1-29(2,3)26-18-30-27(36-26)19-31-14-7-15-32(17-16-31)28(33)25-13-12-22(35-25)20-34-24-11-6-9-21-8-4-5-10-23(21)24/h4-6,8-13,18H,7,14-17,19-20H2,1-3H3. The number of fused-ring (bicyclic) bond motifs is 1. The number of nitrogens with zero attached hydrogens (tertiary/aromatic N) is 3. The Bertz CT molecular complexity index is 1330. The van der Waals surface area contributed by atoms with Crippen LogP contribution in [0.2, 0.25) is 0 Å². The largest absolute Gasteiger partial charge is 0.485 e. The van der Waals surface area contributed by atoms with Crippen LogP contribution >= 0.6 is 0 Å². The molecule has 0 aliphatic carbocycles. The highest BCUT2D eigenvalue weighted by Crippen LogP contribution is 2.26. The van der Waals surface area contributed by atoms with Crippen molar-refractivity contribution in [2.45, 2.75) is 45.8 Å². The number of carbonyl (C=O) groups is 1. The Morgan fingerprint density at radius 2 is 1.81 bits per heavy atom. The summed E-state index contributed by atoms with van der Waals surface area (Å²) in [6.07, 6.45) is 2.71. The third-order valence-corrected chi connectivity index (χ3v) is 6.52. The lowest BCUT2D eigenvalue weighted by molar-refractivity contribution is 0.0724. The number of rotatable bonds is 6. The van der Waals surface area contributed by atoms with Crippen molar-refractivity contribution in [2.24, 2.45) is 0 Å². The minimum atomic E-state index is -0.0839. The molecule has 1 amide bonds. The maximum atomic E-state index is 13.1. The van der Waals surface area contributed by atoms with Gasteiger partial charge in [-0.2, -0.15) is 0 Å². The van der Waals surface area contributed by atoms with E-state index in [1.54, 1.807) is 6.07 Å². The molecule has 3 heterocycles. The Labute approximate surface area is 211 Å². The minimum absolute atomic E-state index is 0.0604. The number of oxazole rings is 1. The van der Waals surface area contributed by atoms with Gasteiger partial charge in [-0.25, -0.2) is 4.98 Å². The maximum Gasteiger partial charge on any atom is 0.289 e. The van der Waals surface area contributed by atoms with Gasteiger partial charge in [0.05, 0.1) is 12.7 Å². The van der Waals surface area contributed by atoms with Gasteiger partial charge in [0.1, 0.15) is 23.9 Å². The zero-order valence-corrected chi connectivity index (χ0v) is 21.2. The van der Waals surface area contributed by atoms with Crippen molar-refractivity contribution in [2.75, 3.05) is 26.2 Å². The number of ether oxygens (including phenoxy) is 1. The van der Waals surface area contributed by atoms with E-state index in [1.165, 1.54) is 0 Å². The first-order valence-electron chi connectivity index (χ1n) is 12.5. The average molecular weight is 488 g/mol. The van der Waals surface area contributed by atoms with Crippen molar-refractivity contribution in [3.05, 3.63) is 84.0 Å². The summed E-state index contributed by atoms with van der Waals surface area (Å²) in [5, 5.41) is 2.18. The van der Waals surface area contributed by atoms with Crippen LogP contribution < -0.4 is 4.74 Å². The molecule has 36 heavy (non-hydrogen) atoms. The zero-order chi connectivity index (χ0) is 25.1. The normalized spacial score (nSPS) is 15.2. The molecule has 1 aliphatic heterocycles. The van der Waals surface area contributed by atoms with Crippen molar-refractivity contribution < 1.29 is 18.4 Å². The summed E-state index contributed by atoms with van der Waals surface area (Å²) < 4.78 is 17.8.